The molecule has 21 heavy (non-hydrogen) atoms. The number of halogens is 1. The summed E-state index contributed by atoms with van der Waals surface area (Å²) in [6.45, 7) is 0.471. The molecule has 7 heteroatoms. The molecule has 0 radical (unpaired) electrons. The Kier molecular flexibility index (Phi) is 4.42. The number of para-hydroxylation sites is 1. The molecule has 0 aliphatic carbocycles. The van der Waals surface area contributed by atoms with E-state index in [9.17, 15) is 9.18 Å². The number of anilines is 1. The summed E-state index contributed by atoms with van der Waals surface area (Å²) in [5, 5.41) is 4.01. The van der Waals surface area contributed by atoms with E-state index in [1.54, 1.807) is 32.4 Å². The van der Waals surface area contributed by atoms with Gasteiger partial charge in [0.1, 0.15) is 6.61 Å². The highest BCUT2D eigenvalue weighted by Crippen LogP contribution is 2.15. The van der Waals surface area contributed by atoms with E-state index in [0.717, 1.165) is 0 Å². The van der Waals surface area contributed by atoms with Gasteiger partial charge >= 0.3 is 0 Å². The van der Waals surface area contributed by atoms with Gasteiger partial charge in [-0.2, -0.15) is 5.10 Å². The zero-order chi connectivity index (χ0) is 15.4. The molecule has 0 aliphatic heterocycles. The maximum atomic E-state index is 13.4. The van der Waals surface area contributed by atoms with E-state index >= 15 is 0 Å². The van der Waals surface area contributed by atoms with Gasteiger partial charge in [-0.25, -0.2) is 4.39 Å². The highest BCUT2D eigenvalue weighted by atomic mass is 19.1. The predicted molar refractivity (Wildman–Crippen MR) is 76.5 cm³/mol. The normalized spacial score (nSPS) is 10.4. The van der Waals surface area contributed by atoms with Crippen LogP contribution in [0.15, 0.2) is 30.5 Å². The molecule has 0 spiro atoms. The molecular formula is C14H17FN4O2. The number of benzene rings is 1. The zero-order valence-corrected chi connectivity index (χ0v) is 11.9. The Hall–Kier alpha value is -2.57. The van der Waals surface area contributed by atoms with Crippen LogP contribution in [0.25, 0.3) is 0 Å². The minimum atomic E-state index is -0.430. The Morgan fingerprint density at radius 2 is 2.19 bits per heavy atom. The number of likely N-dealkylation sites (N-methyl/N-ethyl adjacent to an activating group) is 1. The summed E-state index contributed by atoms with van der Waals surface area (Å²) in [7, 11) is 3.30. The summed E-state index contributed by atoms with van der Waals surface area (Å²) in [5.41, 5.74) is 6.23. The lowest BCUT2D eigenvalue weighted by atomic mass is 10.3. The third-order valence-electron chi connectivity index (χ3n) is 2.93. The Morgan fingerprint density at radius 1 is 1.48 bits per heavy atom. The van der Waals surface area contributed by atoms with E-state index in [-0.39, 0.29) is 24.0 Å². The largest absolute Gasteiger partial charge is 0.489 e. The number of rotatable bonds is 5. The molecule has 0 atom stereocenters. The molecule has 2 rings (SSSR count). The van der Waals surface area contributed by atoms with Crippen LogP contribution in [0.1, 0.15) is 10.5 Å². The first-order valence-corrected chi connectivity index (χ1v) is 6.41. The number of carbonyl (C=O) groups is 1. The number of hydrogen-bond donors (Lipinski definition) is 1. The SMILES string of the molecule is CN(CCOc1ccccc1F)C(=O)c1nn(C)cc1N. The Morgan fingerprint density at radius 3 is 2.81 bits per heavy atom. The van der Waals surface area contributed by atoms with Crippen molar-refractivity contribution < 1.29 is 13.9 Å². The monoisotopic (exact) mass is 292 g/mol. The van der Waals surface area contributed by atoms with Crippen LogP contribution in [-0.4, -0.2) is 40.8 Å². The van der Waals surface area contributed by atoms with E-state index in [4.69, 9.17) is 10.5 Å². The van der Waals surface area contributed by atoms with Gasteiger partial charge in [0, 0.05) is 20.3 Å². The van der Waals surface area contributed by atoms with Crippen LogP contribution in [0.5, 0.6) is 5.75 Å². The number of carbonyl (C=O) groups excluding carboxylic acids is 1. The summed E-state index contributed by atoms with van der Waals surface area (Å²) >= 11 is 0. The third kappa shape index (κ3) is 3.50. The van der Waals surface area contributed by atoms with Crippen molar-refractivity contribution in [2.24, 2.45) is 7.05 Å². The van der Waals surface area contributed by atoms with E-state index in [2.05, 4.69) is 5.10 Å². The van der Waals surface area contributed by atoms with Gasteiger partial charge in [0.15, 0.2) is 17.3 Å². The molecule has 0 saturated carbocycles. The molecule has 1 aromatic carbocycles. The molecular weight excluding hydrogens is 275 g/mol. The summed E-state index contributed by atoms with van der Waals surface area (Å²) < 4.78 is 20.1. The molecule has 1 aromatic heterocycles. The smallest absolute Gasteiger partial charge is 0.276 e. The molecule has 0 bridgehead atoms. The summed E-state index contributed by atoms with van der Waals surface area (Å²) in [6, 6.07) is 6.12. The van der Waals surface area contributed by atoms with Gasteiger partial charge in [-0.1, -0.05) is 12.1 Å². The molecule has 0 aliphatic rings. The number of aromatic nitrogens is 2. The lowest BCUT2D eigenvalue weighted by Crippen LogP contribution is -2.31. The maximum absolute atomic E-state index is 13.4. The molecule has 0 saturated heterocycles. The number of nitrogens with zero attached hydrogens (tertiary/aromatic N) is 3. The fourth-order valence-electron chi connectivity index (χ4n) is 1.81. The van der Waals surface area contributed by atoms with Crippen LogP contribution in [0.4, 0.5) is 10.1 Å². The van der Waals surface area contributed by atoms with Gasteiger partial charge in [0.05, 0.1) is 12.2 Å². The van der Waals surface area contributed by atoms with Crippen LogP contribution in [0.3, 0.4) is 0 Å². The Bertz CT molecular complexity index is 642. The molecule has 6 nitrogen and oxygen atoms in total. The average Bonchev–Trinajstić information content (AvgIpc) is 2.79. The van der Waals surface area contributed by atoms with Gasteiger partial charge in [0.25, 0.3) is 5.91 Å². The Labute approximate surface area is 121 Å². The first-order valence-electron chi connectivity index (χ1n) is 6.41. The molecule has 0 fully saturated rings. The highest BCUT2D eigenvalue weighted by Gasteiger charge is 2.18. The highest BCUT2D eigenvalue weighted by molar-refractivity contribution is 5.96. The van der Waals surface area contributed by atoms with Crippen molar-refractivity contribution >= 4 is 11.6 Å². The van der Waals surface area contributed by atoms with Crippen molar-refractivity contribution in [3.05, 3.63) is 42.0 Å². The number of nitrogen functional groups attached to an aromatic ring is 1. The topological polar surface area (TPSA) is 73.4 Å². The number of nitrogens with two attached hydrogens (primary N) is 1. The maximum Gasteiger partial charge on any atom is 0.276 e. The van der Waals surface area contributed by atoms with E-state index in [1.807, 2.05) is 0 Å². The van der Waals surface area contributed by atoms with Crippen molar-refractivity contribution in [1.82, 2.24) is 14.7 Å². The fourth-order valence-corrected chi connectivity index (χ4v) is 1.81. The summed E-state index contributed by atoms with van der Waals surface area (Å²) in [4.78, 5) is 13.6. The molecule has 2 aromatic rings. The summed E-state index contributed by atoms with van der Waals surface area (Å²) in [6.07, 6.45) is 1.57. The minimum absolute atomic E-state index is 0.163. The van der Waals surface area contributed by atoms with Crippen molar-refractivity contribution in [3.8, 4) is 5.75 Å². The number of ether oxygens (including phenoxy) is 1. The molecule has 2 N–H and O–H groups in total. The lowest BCUT2D eigenvalue weighted by molar-refractivity contribution is 0.0767. The number of amides is 1. The zero-order valence-electron chi connectivity index (χ0n) is 11.9. The second kappa shape index (κ2) is 6.25. The van der Waals surface area contributed by atoms with Crippen LogP contribution < -0.4 is 10.5 Å². The predicted octanol–water partition coefficient (Wildman–Crippen LogP) is 1.29. The average molecular weight is 292 g/mol. The van der Waals surface area contributed by atoms with Gasteiger partial charge in [-0.3, -0.25) is 9.48 Å². The first-order chi connectivity index (χ1) is 9.99. The quantitative estimate of drug-likeness (QED) is 0.901. The molecule has 1 amide bonds. The van der Waals surface area contributed by atoms with Crippen molar-refractivity contribution in [2.75, 3.05) is 25.9 Å². The number of hydrogen-bond acceptors (Lipinski definition) is 4. The van der Waals surface area contributed by atoms with Crippen molar-refractivity contribution in [2.45, 2.75) is 0 Å². The van der Waals surface area contributed by atoms with Crippen LogP contribution >= 0.6 is 0 Å². The van der Waals surface area contributed by atoms with Gasteiger partial charge in [0.2, 0.25) is 0 Å². The van der Waals surface area contributed by atoms with Crippen LogP contribution in [-0.2, 0) is 7.05 Å². The van der Waals surface area contributed by atoms with Gasteiger partial charge in [-0.15, -0.1) is 0 Å². The standard InChI is InChI=1S/C14H17FN4O2/c1-18(14(20)13-11(16)9-19(2)17-13)7-8-21-12-6-4-3-5-10(12)15/h3-6,9H,7-8,16H2,1-2H3. The van der Waals surface area contributed by atoms with E-state index < -0.39 is 5.82 Å². The molecule has 1 heterocycles. The van der Waals surface area contributed by atoms with E-state index in [0.29, 0.717) is 12.2 Å². The van der Waals surface area contributed by atoms with Gasteiger partial charge < -0.3 is 15.4 Å². The first kappa shape index (κ1) is 14.8. The van der Waals surface area contributed by atoms with Crippen LogP contribution in [0.2, 0.25) is 0 Å². The Balaban J connectivity index is 1.90. The van der Waals surface area contributed by atoms with Crippen molar-refractivity contribution in [1.29, 1.82) is 0 Å². The van der Waals surface area contributed by atoms with Crippen molar-refractivity contribution in [3.63, 3.8) is 0 Å². The number of aryl methyl sites for hydroxylation is 1. The third-order valence-corrected chi connectivity index (χ3v) is 2.93. The second-order valence-corrected chi connectivity index (χ2v) is 4.61. The molecule has 0 unspecified atom stereocenters. The second-order valence-electron chi connectivity index (χ2n) is 4.61. The molecule has 112 valence electrons. The lowest BCUT2D eigenvalue weighted by Gasteiger charge is -2.16. The van der Waals surface area contributed by atoms with Crippen LogP contribution in [0, 0.1) is 5.82 Å². The summed E-state index contributed by atoms with van der Waals surface area (Å²) in [5.74, 6) is -0.568. The minimum Gasteiger partial charge on any atom is -0.489 e. The fraction of sp³-hybridized carbons (Fsp3) is 0.286. The van der Waals surface area contributed by atoms with Gasteiger partial charge in [-0.05, 0) is 12.1 Å². The van der Waals surface area contributed by atoms with E-state index in [1.165, 1.54) is 21.7 Å².